The fourth-order valence-electron chi connectivity index (χ4n) is 3.58. The number of H-pyrrole nitrogens is 1. The zero-order chi connectivity index (χ0) is 20.9. The van der Waals surface area contributed by atoms with Gasteiger partial charge in [0.2, 0.25) is 0 Å². The number of aromatic amines is 1. The van der Waals surface area contributed by atoms with Crippen molar-refractivity contribution < 1.29 is 0 Å². The van der Waals surface area contributed by atoms with Crippen LogP contribution >= 0.6 is 0 Å². The van der Waals surface area contributed by atoms with E-state index in [1.165, 1.54) is 0 Å². The van der Waals surface area contributed by atoms with Crippen LogP contribution in [0, 0.1) is 11.3 Å². The Bertz CT molecular complexity index is 1270. The lowest BCUT2D eigenvalue weighted by molar-refractivity contribution is 0.264. The zero-order valence-corrected chi connectivity index (χ0v) is 16.8. The van der Waals surface area contributed by atoms with Crippen LogP contribution in [0.5, 0.6) is 0 Å². The van der Waals surface area contributed by atoms with Gasteiger partial charge in [0.25, 0.3) is 5.56 Å². The van der Waals surface area contributed by atoms with Crippen molar-refractivity contribution in [3.05, 3.63) is 100 Å². The van der Waals surface area contributed by atoms with Crippen molar-refractivity contribution in [3.63, 3.8) is 0 Å². The molecular formula is C25H22N4O. The fraction of sp³-hybridized carbons (Fsp3) is 0.160. The third kappa shape index (κ3) is 4.14. The molecule has 5 heteroatoms. The predicted molar refractivity (Wildman–Crippen MR) is 119 cm³/mol. The van der Waals surface area contributed by atoms with E-state index in [1.807, 2.05) is 42.5 Å². The molecule has 1 N–H and O–H groups in total. The first kappa shape index (κ1) is 19.6. The van der Waals surface area contributed by atoms with Gasteiger partial charge in [0.1, 0.15) is 5.82 Å². The summed E-state index contributed by atoms with van der Waals surface area (Å²) in [5.74, 6) is 0.667. The standard InChI is InChI=1S/C25H22N4O/c1-2-29(17-24-27-23-10-6-5-9-22(23)25(30)28-24)16-18-11-13-19(14-12-18)21-8-4-3-7-20(21)15-26/h3-14H,2,16-17H2,1H3,(H,27,28,30). The van der Waals surface area contributed by atoms with E-state index < -0.39 is 0 Å². The molecule has 1 aromatic heterocycles. The molecule has 30 heavy (non-hydrogen) atoms. The Balaban J connectivity index is 1.52. The lowest BCUT2D eigenvalue weighted by Crippen LogP contribution is -2.25. The van der Waals surface area contributed by atoms with Crippen molar-refractivity contribution in [2.75, 3.05) is 6.54 Å². The van der Waals surface area contributed by atoms with Crippen molar-refractivity contribution in [2.24, 2.45) is 0 Å². The molecule has 3 aromatic carbocycles. The predicted octanol–water partition coefficient (Wildman–Crippen LogP) is 4.48. The maximum Gasteiger partial charge on any atom is 0.258 e. The highest BCUT2D eigenvalue weighted by molar-refractivity contribution is 5.77. The van der Waals surface area contributed by atoms with Gasteiger partial charge in [-0.2, -0.15) is 5.26 Å². The summed E-state index contributed by atoms with van der Waals surface area (Å²) >= 11 is 0. The number of nitriles is 1. The van der Waals surface area contributed by atoms with Crippen LogP contribution in [-0.2, 0) is 13.1 Å². The van der Waals surface area contributed by atoms with E-state index in [4.69, 9.17) is 0 Å². The van der Waals surface area contributed by atoms with Crippen LogP contribution < -0.4 is 5.56 Å². The molecular weight excluding hydrogens is 372 g/mol. The second-order valence-corrected chi connectivity index (χ2v) is 7.19. The minimum Gasteiger partial charge on any atom is -0.309 e. The van der Waals surface area contributed by atoms with Crippen LogP contribution in [-0.4, -0.2) is 21.4 Å². The van der Waals surface area contributed by atoms with Gasteiger partial charge in [0.05, 0.1) is 29.1 Å². The minimum absolute atomic E-state index is 0.104. The average molecular weight is 394 g/mol. The van der Waals surface area contributed by atoms with Crippen molar-refractivity contribution in [2.45, 2.75) is 20.0 Å². The summed E-state index contributed by atoms with van der Waals surface area (Å²) in [6, 6.07) is 25.5. The molecule has 5 nitrogen and oxygen atoms in total. The molecule has 148 valence electrons. The van der Waals surface area contributed by atoms with Gasteiger partial charge >= 0.3 is 0 Å². The van der Waals surface area contributed by atoms with Gasteiger partial charge in [-0.05, 0) is 41.4 Å². The third-order valence-corrected chi connectivity index (χ3v) is 5.20. The van der Waals surface area contributed by atoms with Gasteiger partial charge < -0.3 is 4.98 Å². The summed E-state index contributed by atoms with van der Waals surface area (Å²) in [6.07, 6.45) is 0. The highest BCUT2D eigenvalue weighted by Gasteiger charge is 2.10. The Labute approximate surface area is 175 Å². The Morgan fingerprint density at radius 3 is 2.47 bits per heavy atom. The molecule has 0 atom stereocenters. The molecule has 0 radical (unpaired) electrons. The minimum atomic E-state index is -0.104. The normalized spacial score (nSPS) is 11.0. The van der Waals surface area contributed by atoms with Gasteiger partial charge in [-0.3, -0.25) is 9.69 Å². The molecule has 4 aromatic rings. The SMILES string of the molecule is CCN(Cc1ccc(-c2ccccc2C#N)cc1)Cc1nc2ccccc2c(=O)[nH]1. The van der Waals surface area contributed by atoms with E-state index in [0.717, 1.165) is 29.8 Å². The second-order valence-electron chi connectivity index (χ2n) is 7.19. The summed E-state index contributed by atoms with van der Waals surface area (Å²) in [7, 11) is 0. The Hall–Kier alpha value is -3.75. The first-order valence-electron chi connectivity index (χ1n) is 9.96. The monoisotopic (exact) mass is 394 g/mol. The van der Waals surface area contributed by atoms with Crippen molar-refractivity contribution in [1.29, 1.82) is 5.26 Å². The molecule has 0 bridgehead atoms. The number of benzene rings is 3. The lowest BCUT2D eigenvalue weighted by Gasteiger charge is -2.20. The van der Waals surface area contributed by atoms with Gasteiger partial charge in [-0.15, -0.1) is 0 Å². The molecule has 0 spiro atoms. The summed E-state index contributed by atoms with van der Waals surface area (Å²) < 4.78 is 0. The van der Waals surface area contributed by atoms with Crippen LogP contribution in [0.15, 0.2) is 77.6 Å². The fourth-order valence-corrected chi connectivity index (χ4v) is 3.58. The number of nitrogens with zero attached hydrogens (tertiary/aromatic N) is 3. The van der Waals surface area contributed by atoms with Crippen LogP contribution in [0.1, 0.15) is 23.9 Å². The van der Waals surface area contributed by atoms with E-state index >= 15 is 0 Å². The second kappa shape index (κ2) is 8.73. The van der Waals surface area contributed by atoms with E-state index in [9.17, 15) is 10.1 Å². The molecule has 0 unspecified atom stereocenters. The van der Waals surface area contributed by atoms with Crippen molar-refractivity contribution in [1.82, 2.24) is 14.9 Å². The molecule has 0 aliphatic rings. The maximum atomic E-state index is 12.3. The molecule has 1 heterocycles. The number of nitrogens with one attached hydrogen (secondary N) is 1. The Morgan fingerprint density at radius 1 is 0.967 bits per heavy atom. The molecule has 0 amide bonds. The van der Waals surface area contributed by atoms with E-state index in [-0.39, 0.29) is 5.56 Å². The average Bonchev–Trinajstić information content (AvgIpc) is 2.79. The van der Waals surface area contributed by atoms with Crippen LogP contribution in [0.2, 0.25) is 0 Å². The molecule has 0 saturated heterocycles. The molecule has 0 saturated carbocycles. The Kier molecular flexibility index (Phi) is 5.69. The number of aromatic nitrogens is 2. The summed E-state index contributed by atoms with van der Waals surface area (Å²) in [6.45, 7) is 4.23. The highest BCUT2D eigenvalue weighted by atomic mass is 16.1. The molecule has 0 aliphatic heterocycles. The van der Waals surface area contributed by atoms with Crippen LogP contribution in [0.4, 0.5) is 0 Å². The molecule has 0 aliphatic carbocycles. The van der Waals surface area contributed by atoms with Crippen molar-refractivity contribution >= 4 is 10.9 Å². The topological polar surface area (TPSA) is 72.8 Å². The Morgan fingerprint density at radius 2 is 1.70 bits per heavy atom. The zero-order valence-electron chi connectivity index (χ0n) is 16.8. The molecule has 0 fully saturated rings. The van der Waals surface area contributed by atoms with Gasteiger partial charge in [-0.1, -0.05) is 61.5 Å². The number of fused-ring (bicyclic) bond motifs is 1. The van der Waals surface area contributed by atoms with Gasteiger partial charge in [0.15, 0.2) is 0 Å². The third-order valence-electron chi connectivity index (χ3n) is 5.20. The number of hydrogen-bond donors (Lipinski definition) is 1. The first-order chi connectivity index (χ1) is 14.7. The van der Waals surface area contributed by atoms with Crippen molar-refractivity contribution in [3.8, 4) is 17.2 Å². The highest BCUT2D eigenvalue weighted by Crippen LogP contribution is 2.24. The number of rotatable bonds is 6. The summed E-state index contributed by atoms with van der Waals surface area (Å²) in [5, 5.41) is 9.93. The number of para-hydroxylation sites is 1. The smallest absolute Gasteiger partial charge is 0.258 e. The quantitative estimate of drug-likeness (QED) is 0.523. The lowest BCUT2D eigenvalue weighted by atomic mass is 9.99. The van der Waals surface area contributed by atoms with E-state index in [1.54, 1.807) is 6.07 Å². The molecule has 4 rings (SSSR count). The van der Waals surface area contributed by atoms with Gasteiger partial charge in [-0.25, -0.2) is 4.98 Å². The maximum absolute atomic E-state index is 12.3. The van der Waals surface area contributed by atoms with E-state index in [2.05, 4.69) is 52.1 Å². The summed E-state index contributed by atoms with van der Waals surface area (Å²) in [4.78, 5) is 22.1. The number of hydrogen-bond acceptors (Lipinski definition) is 4. The van der Waals surface area contributed by atoms with Crippen LogP contribution in [0.3, 0.4) is 0 Å². The van der Waals surface area contributed by atoms with Crippen LogP contribution in [0.25, 0.3) is 22.0 Å². The largest absolute Gasteiger partial charge is 0.309 e. The van der Waals surface area contributed by atoms with E-state index in [0.29, 0.717) is 28.8 Å². The first-order valence-corrected chi connectivity index (χ1v) is 9.96. The summed E-state index contributed by atoms with van der Waals surface area (Å²) in [5.41, 5.74) is 4.42. The van der Waals surface area contributed by atoms with Gasteiger partial charge in [0, 0.05) is 6.54 Å².